The van der Waals surface area contributed by atoms with Crippen LogP contribution < -0.4 is 0 Å². The van der Waals surface area contributed by atoms with Crippen molar-refractivity contribution in [2.24, 2.45) is 0 Å². The van der Waals surface area contributed by atoms with Crippen molar-refractivity contribution in [1.29, 1.82) is 0 Å². The fraction of sp³-hybridized carbons (Fsp3) is 0.455. The maximum atomic E-state index is 12.6. The van der Waals surface area contributed by atoms with Gasteiger partial charge in [0.25, 0.3) is 0 Å². The summed E-state index contributed by atoms with van der Waals surface area (Å²) in [4.78, 5) is 1.56. The average Bonchev–Trinajstić information content (AvgIpc) is 2.18. The molecule has 16 heavy (non-hydrogen) atoms. The van der Waals surface area contributed by atoms with E-state index in [1.54, 1.807) is 24.1 Å². The van der Waals surface area contributed by atoms with Gasteiger partial charge in [0.05, 0.1) is 6.42 Å². The Kier molecular flexibility index (Phi) is 4.29. The number of hydrogen-bond acceptors (Lipinski definition) is 1. The maximum absolute atomic E-state index is 12.6. The smallest absolute Gasteiger partial charge is 0.302 e. The zero-order chi connectivity index (χ0) is 12.2. The number of rotatable bonds is 4. The third-order valence-corrected chi connectivity index (χ3v) is 2.14. The minimum atomic E-state index is -4.13. The van der Waals surface area contributed by atoms with Gasteiger partial charge in [-0.1, -0.05) is 12.1 Å². The molecular formula is C11H13F4N. The molecule has 1 aromatic rings. The Balaban J connectivity index is 2.39. The Bertz CT molecular complexity index is 318. The summed E-state index contributed by atoms with van der Waals surface area (Å²) in [6, 6.07) is 5.73. The molecule has 1 aromatic carbocycles. The number of alkyl halides is 3. The Hall–Kier alpha value is -1.10. The van der Waals surface area contributed by atoms with Crippen molar-refractivity contribution in [3.05, 3.63) is 35.6 Å². The second kappa shape index (κ2) is 5.30. The quantitative estimate of drug-likeness (QED) is 0.724. The van der Waals surface area contributed by atoms with Crippen LogP contribution in [-0.2, 0) is 6.54 Å². The van der Waals surface area contributed by atoms with Crippen LogP contribution in [0, 0.1) is 5.82 Å². The molecule has 1 nitrogen and oxygen atoms in total. The third kappa shape index (κ3) is 5.11. The molecule has 0 amide bonds. The summed E-state index contributed by atoms with van der Waals surface area (Å²) in [6.45, 7) is 0.331. The van der Waals surface area contributed by atoms with E-state index in [1.807, 2.05) is 0 Å². The van der Waals surface area contributed by atoms with Crippen molar-refractivity contribution in [3.63, 3.8) is 0 Å². The highest BCUT2D eigenvalue weighted by Crippen LogP contribution is 2.19. The molecule has 0 aromatic heterocycles. The summed E-state index contributed by atoms with van der Waals surface area (Å²) in [5, 5.41) is 0. The average molecular weight is 235 g/mol. The Labute approximate surface area is 91.7 Å². The van der Waals surface area contributed by atoms with Gasteiger partial charge in [-0.2, -0.15) is 13.2 Å². The van der Waals surface area contributed by atoms with E-state index < -0.39 is 12.6 Å². The number of nitrogens with zero attached hydrogens (tertiary/aromatic N) is 1. The van der Waals surface area contributed by atoms with Crippen LogP contribution in [0.25, 0.3) is 0 Å². The summed E-state index contributed by atoms with van der Waals surface area (Å²) in [6.07, 6.45) is -4.96. The lowest BCUT2D eigenvalue weighted by Gasteiger charge is -2.17. The van der Waals surface area contributed by atoms with Gasteiger partial charge in [-0.05, 0) is 24.7 Å². The fourth-order valence-corrected chi connectivity index (χ4v) is 1.30. The Morgan fingerprint density at radius 2 is 1.69 bits per heavy atom. The number of hydrogen-bond donors (Lipinski definition) is 0. The zero-order valence-electron chi connectivity index (χ0n) is 8.89. The van der Waals surface area contributed by atoms with E-state index in [4.69, 9.17) is 0 Å². The van der Waals surface area contributed by atoms with Gasteiger partial charge in [0.2, 0.25) is 0 Å². The van der Waals surface area contributed by atoms with Crippen LogP contribution in [0.4, 0.5) is 17.6 Å². The van der Waals surface area contributed by atoms with Crippen molar-refractivity contribution in [2.45, 2.75) is 19.1 Å². The first-order chi connectivity index (χ1) is 7.37. The molecule has 0 spiro atoms. The first kappa shape index (κ1) is 13.0. The fourth-order valence-electron chi connectivity index (χ4n) is 1.30. The molecule has 90 valence electrons. The van der Waals surface area contributed by atoms with Crippen LogP contribution in [0.1, 0.15) is 12.0 Å². The Morgan fingerprint density at radius 1 is 1.12 bits per heavy atom. The summed E-state index contributed by atoms with van der Waals surface area (Å²) in [5.74, 6) is -0.346. The molecule has 5 heteroatoms. The molecule has 0 aliphatic heterocycles. The van der Waals surface area contributed by atoms with Crippen molar-refractivity contribution in [2.75, 3.05) is 13.6 Å². The standard InChI is InChI=1S/C11H13F4N/c1-16(7-6-11(13,14)15)8-9-2-4-10(12)5-3-9/h2-5H,6-8H2,1H3. The molecule has 0 heterocycles. The molecule has 0 unspecified atom stereocenters. The monoisotopic (exact) mass is 235 g/mol. The molecule has 0 radical (unpaired) electrons. The summed E-state index contributed by atoms with van der Waals surface area (Å²) < 4.78 is 48.4. The van der Waals surface area contributed by atoms with Crippen molar-refractivity contribution in [3.8, 4) is 0 Å². The summed E-state index contributed by atoms with van der Waals surface area (Å²) in [7, 11) is 1.61. The van der Waals surface area contributed by atoms with Crippen LogP contribution >= 0.6 is 0 Å². The largest absolute Gasteiger partial charge is 0.390 e. The molecule has 0 saturated carbocycles. The Morgan fingerprint density at radius 3 is 2.19 bits per heavy atom. The lowest BCUT2D eigenvalue weighted by molar-refractivity contribution is -0.137. The van der Waals surface area contributed by atoms with Gasteiger partial charge in [0.1, 0.15) is 5.82 Å². The van der Waals surface area contributed by atoms with E-state index in [0.29, 0.717) is 6.54 Å². The van der Waals surface area contributed by atoms with E-state index in [2.05, 4.69) is 0 Å². The molecule has 0 atom stereocenters. The number of benzene rings is 1. The van der Waals surface area contributed by atoms with E-state index in [0.717, 1.165) is 5.56 Å². The summed E-state index contributed by atoms with van der Waals surface area (Å²) >= 11 is 0. The summed E-state index contributed by atoms with van der Waals surface area (Å²) in [5.41, 5.74) is 0.797. The lowest BCUT2D eigenvalue weighted by Crippen LogP contribution is -2.24. The van der Waals surface area contributed by atoms with Crippen LogP contribution in [-0.4, -0.2) is 24.7 Å². The zero-order valence-corrected chi connectivity index (χ0v) is 8.89. The van der Waals surface area contributed by atoms with E-state index >= 15 is 0 Å². The van der Waals surface area contributed by atoms with E-state index in [-0.39, 0.29) is 12.4 Å². The van der Waals surface area contributed by atoms with Gasteiger partial charge in [-0.25, -0.2) is 4.39 Å². The molecule has 1 rings (SSSR count). The molecule has 0 aliphatic rings. The van der Waals surface area contributed by atoms with E-state index in [9.17, 15) is 17.6 Å². The molecular weight excluding hydrogens is 222 g/mol. The van der Waals surface area contributed by atoms with Crippen LogP contribution in [0.15, 0.2) is 24.3 Å². The predicted molar refractivity (Wildman–Crippen MR) is 53.4 cm³/mol. The highest BCUT2D eigenvalue weighted by molar-refractivity contribution is 5.15. The first-order valence-electron chi connectivity index (χ1n) is 4.86. The lowest BCUT2D eigenvalue weighted by atomic mass is 10.2. The van der Waals surface area contributed by atoms with Crippen LogP contribution in [0.2, 0.25) is 0 Å². The highest BCUT2D eigenvalue weighted by atomic mass is 19.4. The van der Waals surface area contributed by atoms with Gasteiger partial charge in [0.15, 0.2) is 0 Å². The van der Waals surface area contributed by atoms with Crippen LogP contribution in [0.3, 0.4) is 0 Å². The minimum Gasteiger partial charge on any atom is -0.302 e. The SMILES string of the molecule is CN(CCC(F)(F)F)Cc1ccc(F)cc1. The maximum Gasteiger partial charge on any atom is 0.390 e. The van der Waals surface area contributed by atoms with Gasteiger partial charge < -0.3 is 4.90 Å². The predicted octanol–water partition coefficient (Wildman–Crippen LogP) is 3.21. The first-order valence-corrected chi connectivity index (χ1v) is 4.86. The van der Waals surface area contributed by atoms with Gasteiger partial charge >= 0.3 is 6.18 Å². The van der Waals surface area contributed by atoms with Gasteiger partial charge in [-0.15, -0.1) is 0 Å². The van der Waals surface area contributed by atoms with E-state index in [1.165, 1.54) is 12.1 Å². The molecule has 0 fully saturated rings. The van der Waals surface area contributed by atoms with Crippen LogP contribution in [0.5, 0.6) is 0 Å². The van der Waals surface area contributed by atoms with Gasteiger partial charge in [-0.3, -0.25) is 0 Å². The molecule has 0 bridgehead atoms. The highest BCUT2D eigenvalue weighted by Gasteiger charge is 2.26. The third-order valence-electron chi connectivity index (χ3n) is 2.14. The second-order valence-electron chi connectivity index (χ2n) is 3.73. The normalized spacial score (nSPS) is 12.1. The topological polar surface area (TPSA) is 3.24 Å². The van der Waals surface area contributed by atoms with Crippen molar-refractivity contribution < 1.29 is 17.6 Å². The van der Waals surface area contributed by atoms with Crippen molar-refractivity contribution >= 4 is 0 Å². The minimum absolute atomic E-state index is 0.0547. The number of halogens is 4. The molecule has 0 saturated heterocycles. The van der Waals surface area contributed by atoms with Crippen molar-refractivity contribution in [1.82, 2.24) is 4.90 Å². The van der Waals surface area contributed by atoms with Gasteiger partial charge in [0, 0.05) is 13.1 Å². The molecule has 0 N–H and O–H groups in total. The molecule has 0 aliphatic carbocycles. The second-order valence-corrected chi connectivity index (χ2v) is 3.73.